The number of para-hydroxylation sites is 1. The second-order valence-electron chi connectivity index (χ2n) is 7.90. The Labute approximate surface area is 186 Å². The van der Waals surface area contributed by atoms with Crippen molar-refractivity contribution in [1.82, 2.24) is 14.9 Å². The number of hydrogen-bond acceptors (Lipinski definition) is 2. The lowest BCUT2D eigenvalue weighted by Crippen LogP contribution is -2.29. The van der Waals surface area contributed by atoms with Gasteiger partial charge in [0.1, 0.15) is 18.9 Å². The molecule has 160 valence electrons. The molecule has 0 fully saturated rings. The van der Waals surface area contributed by atoms with Crippen LogP contribution in [0.4, 0.5) is 0 Å². The summed E-state index contributed by atoms with van der Waals surface area (Å²) in [5.74, 6) is 0.828. The summed E-state index contributed by atoms with van der Waals surface area (Å²) in [6, 6.07) is 26.3. The highest BCUT2D eigenvalue weighted by Crippen LogP contribution is 2.23. The van der Waals surface area contributed by atoms with E-state index in [0.29, 0.717) is 19.7 Å². The number of benzene rings is 3. The van der Waals surface area contributed by atoms with Crippen molar-refractivity contribution in [3.63, 3.8) is 0 Å². The number of aromatic amines is 1. The van der Waals surface area contributed by atoms with Crippen LogP contribution in [0.1, 0.15) is 11.1 Å². The van der Waals surface area contributed by atoms with Crippen LogP contribution < -0.4 is 10.1 Å². The Kier molecular flexibility index (Phi) is 5.62. The van der Waals surface area contributed by atoms with E-state index >= 15 is 0 Å². The largest absolute Gasteiger partial charge is 0.489 e. The highest BCUT2D eigenvalue weighted by Gasteiger charge is 2.08. The summed E-state index contributed by atoms with van der Waals surface area (Å²) >= 11 is 0. The molecule has 0 unspecified atom stereocenters. The van der Waals surface area contributed by atoms with Crippen LogP contribution in [0.25, 0.3) is 21.8 Å². The molecule has 0 bridgehead atoms. The molecule has 1 amide bonds. The third-order valence-electron chi connectivity index (χ3n) is 5.70. The fourth-order valence-corrected chi connectivity index (χ4v) is 4.03. The van der Waals surface area contributed by atoms with Gasteiger partial charge in [0.25, 0.3) is 0 Å². The third-order valence-corrected chi connectivity index (χ3v) is 5.70. The Bertz CT molecular complexity index is 1350. The predicted octanol–water partition coefficient (Wildman–Crippen LogP) is 5.06. The van der Waals surface area contributed by atoms with E-state index in [1.54, 1.807) is 0 Å². The normalized spacial score (nSPS) is 11.1. The molecular weight excluding hydrogens is 398 g/mol. The number of carbonyl (C=O) groups is 1. The molecule has 32 heavy (non-hydrogen) atoms. The van der Waals surface area contributed by atoms with Crippen molar-refractivity contribution in [1.29, 1.82) is 0 Å². The van der Waals surface area contributed by atoms with Crippen LogP contribution in [0.5, 0.6) is 5.75 Å². The summed E-state index contributed by atoms with van der Waals surface area (Å²) in [4.78, 5) is 15.8. The summed E-state index contributed by atoms with van der Waals surface area (Å²) in [6.07, 6.45) is 4.77. The van der Waals surface area contributed by atoms with Crippen molar-refractivity contribution in [3.8, 4) is 5.75 Å². The molecule has 5 rings (SSSR count). The SMILES string of the molecule is O=C(Cn1ccc2cc(OCc3ccccc3)ccc21)NCCc1c[nH]c2ccccc12. The van der Waals surface area contributed by atoms with Crippen molar-refractivity contribution in [2.24, 2.45) is 0 Å². The first-order valence-corrected chi connectivity index (χ1v) is 10.8. The molecule has 0 saturated heterocycles. The van der Waals surface area contributed by atoms with Gasteiger partial charge >= 0.3 is 0 Å². The van der Waals surface area contributed by atoms with Crippen molar-refractivity contribution >= 4 is 27.7 Å². The lowest BCUT2D eigenvalue weighted by atomic mass is 10.1. The number of ether oxygens (including phenoxy) is 1. The van der Waals surface area contributed by atoms with Crippen LogP contribution in [0.15, 0.2) is 91.3 Å². The molecule has 5 aromatic rings. The zero-order valence-electron chi connectivity index (χ0n) is 17.8. The molecule has 5 heteroatoms. The van der Waals surface area contributed by atoms with Gasteiger partial charge in [0.2, 0.25) is 5.91 Å². The number of H-pyrrole nitrogens is 1. The van der Waals surface area contributed by atoms with E-state index in [4.69, 9.17) is 4.74 Å². The Balaban J connectivity index is 1.17. The Morgan fingerprint density at radius 1 is 0.969 bits per heavy atom. The van der Waals surface area contributed by atoms with E-state index in [1.165, 1.54) is 10.9 Å². The topological polar surface area (TPSA) is 59.0 Å². The predicted molar refractivity (Wildman–Crippen MR) is 128 cm³/mol. The first kappa shape index (κ1) is 19.9. The summed E-state index contributed by atoms with van der Waals surface area (Å²) in [7, 11) is 0. The third kappa shape index (κ3) is 4.37. The molecule has 0 spiro atoms. The zero-order chi connectivity index (χ0) is 21.8. The number of nitrogens with zero attached hydrogens (tertiary/aromatic N) is 1. The van der Waals surface area contributed by atoms with Gasteiger partial charge in [-0.2, -0.15) is 0 Å². The maximum absolute atomic E-state index is 12.5. The van der Waals surface area contributed by atoms with Crippen molar-refractivity contribution < 1.29 is 9.53 Å². The number of fused-ring (bicyclic) bond motifs is 2. The summed E-state index contributed by atoms with van der Waals surface area (Å²) in [5.41, 5.74) is 4.49. The minimum Gasteiger partial charge on any atom is -0.489 e. The lowest BCUT2D eigenvalue weighted by Gasteiger charge is -2.09. The highest BCUT2D eigenvalue weighted by atomic mass is 16.5. The molecule has 0 atom stereocenters. The monoisotopic (exact) mass is 423 g/mol. The van der Waals surface area contributed by atoms with E-state index in [2.05, 4.69) is 22.4 Å². The van der Waals surface area contributed by atoms with E-state index < -0.39 is 0 Å². The van der Waals surface area contributed by atoms with Gasteiger partial charge in [-0.05, 0) is 47.9 Å². The summed E-state index contributed by atoms with van der Waals surface area (Å²) in [6.45, 7) is 1.44. The number of nitrogens with one attached hydrogen (secondary N) is 2. The van der Waals surface area contributed by atoms with Crippen LogP contribution in [0, 0.1) is 0 Å². The fourth-order valence-electron chi connectivity index (χ4n) is 4.03. The standard InChI is InChI=1S/C27H25N3O2/c31-27(28-14-12-22-17-29-25-9-5-4-8-24(22)25)18-30-15-13-21-16-23(10-11-26(21)30)32-19-20-6-2-1-3-7-20/h1-11,13,15-17,29H,12,14,18-19H2,(H,28,31). The number of rotatable bonds is 8. The minimum absolute atomic E-state index is 0.00625. The van der Waals surface area contributed by atoms with E-state index in [-0.39, 0.29) is 5.91 Å². The van der Waals surface area contributed by atoms with E-state index in [0.717, 1.165) is 34.2 Å². The fraction of sp³-hybridized carbons (Fsp3) is 0.148. The molecule has 3 aromatic carbocycles. The van der Waals surface area contributed by atoms with Gasteiger partial charge in [-0.1, -0.05) is 48.5 Å². The zero-order valence-corrected chi connectivity index (χ0v) is 17.8. The Morgan fingerprint density at radius 2 is 1.81 bits per heavy atom. The molecule has 5 nitrogen and oxygen atoms in total. The molecule has 0 saturated carbocycles. The van der Waals surface area contributed by atoms with Gasteiger partial charge in [0.15, 0.2) is 0 Å². The maximum atomic E-state index is 12.5. The van der Waals surface area contributed by atoms with Gasteiger partial charge in [-0.15, -0.1) is 0 Å². The smallest absolute Gasteiger partial charge is 0.239 e. The summed E-state index contributed by atoms with van der Waals surface area (Å²) in [5, 5.41) is 5.31. The first-order chi connectivity index (χ1) is 15.8. The number of carbonyl (C=O) groups excluding carboxylic acids is 1. The van der Waals surface area contributed by atoms with Crippen LogP contribution in [0.2, 0.25) is 0 Å². The second kappa shape index (κ2) is 9.02. The van der Waals surface area contributed by atoms with E-state index in [9.17, 15) is 4.79 Å². The van der Waals surface area contributed by atoms with Crippen LogP contribution in [-0.2, 0) is 24.4 Å². The van der Waals surface area contributed by atoms with Gasteiger partial charge < -0.3 is 19.6 Å². The molecule has 0 aliphatic carbocycles. The number of aromatic nitrogens is 2. The van der Waals surface area contributed by atoms with Gasteiger partial charge in [-0.3, -0.25) is 4.79 Å². The Hall–Kier alpha value is -3.99. The molecular formula is C27H25N3O2. The first-order valence-electron chi connectivity index (χ1n) is 10.8. The average Bonchev–Trinajstić information content (AvgIpc) is 3.42. The molecule has 2 aromatic heterocycles. The quantitative estimate of drug-likeness (QED) is 0.366. The Morgan fingerprint density at radius 3 is 2.72 bits per heavy atom. The van der Waals surface area contributed by atoms with Crippen molar-refractivity contribution in [3.05, 3.63) is 102 Å². The molecule has 0 aliphatic heterocycles. The molecule has 2 heterocycles. The average molecular weight is 424 g/mol. The van der Waals surface area contributed by atoms with Crippen LogP contribution >= 0.6 is 0 Å². The lowest BCUT2D eigenvalue weighted by molar-refractivity contribution is -0.121. The molecule has 2 N–H and O–H groups in total. The number of amides is 1. The van der Waals surface area contributed by atoms with Gasteiger partial charge in [0.05, 0.1) is 0 Å². The van der Waals surface area contributed by atoms with Crippen molar-refractivity contribution in [2.45, 2.75) is 19.6 Å². The van der Waals surface area contributed by atoms with Crippen molar-refractivity contribution in [2.75, 3.05) is 6.54 Å². The van der Waals surface area contributed by atoms with Gasteiger partial charge in [0, 0.05) is 40.7 Å². The summed E-state index contributed by atoms with van der Waals surface area (Å²) < 4.78 is 7.89. The molecule has 0 radical (unpaired) electrons. The molecule has 0 aliphatic rings. The maximum Gasteiger partial charge on any atom is 0.239 e. The second-order valence-corrected chi connectivity index (χ2v) is 7.90. The number of hydrogen-bond donors (Lipinski definition) is 2. The van der Waals surface area contributed by atoms with E-state index in [1.807, 2.05) is 83.7 Å². The minimum atomic E-state index is 0.00625. The van der Waals surface area contributed by atoms with Crippen LogP contribution in [0.3, 0.4) is 0 Å². The highest BCUT2D eigenvalue weighted by molar-refractivity contribution is 5.85. The van der Waals surface area contributed by atoms with Crippen LogP contribution in [-0.4, -0.2) is 22.0 Å². The van der Waals surface area contributed by atoms with Gasteiger partial charge in [-0.25, -0.2) is 0 Å².